The molecule has 18 heavy (non-hydrogen) atoms. The molecule has 100 valence electrons. The van der Waals surface area contributed by atoms with Crippen molar-refractivity contribution in [3.63, 3.8) is 0 Å². The van der Waals surface area contributed by atoms with Gasteiger partial charge in [-0.25, -0.2) is 9.36 Å². The molecule has 0 aromatic carbocycles. The average molecular weight is 260 g/mol. The van der Waals surface area contributed by atoms with Gasteiger partial charge >= 0.3 is 5.69 Å². The molecular formula is C9H12N2O7. The second-order valence-corrected chi connectivity index (χ2v) is 3.91. The summed E-state index contributed by atoms with van der Waals surface area (Å²) in [4.78, 5) is 24.2. The Hall–Kier alpha value is -1.52. The van der Waals surface area contributed by atoms with Crippen molar-refractivity contribution in [1.82, 2.24) is 9.55 Å². The number of hydrogen-bond donors (Lipinski definition) is 5. The summed E-state index contributed by atoms with van der Waals surface area (Å²) in [7, 11) is 0. The van der Waals surface area contributed by atoms with Crippen molar-refractivity contribution in [3.8, 4) is 0 Å². The SMILES string of the molecule is O=c1ccn([C@]2(O)O[C@H](CO)[C@@H](O)[C@H]2O)c(=O)[nH]1. The molecule has 2 heterocycles. The summed E-state index contributed by atoms with van der Waals surface area (Å²) in [6.07, 6.45) is -3.75. The number of rotatable bonds is 2. The van der Waals surface area contributed by atoms with Gasteiger partial charge in [0.2, 0.25) is 0 Å². The summed E-state index contributed by atoms with van der Waals surface area (Å²) >= 11 is 0. The Labute approximate surface area is 99.5 Å². The first-order valence-corrected chi connectivity index (χ1v) is 5.10. The van der Waals surface area contributed by atoms with Gasteiger partial charge in [-0.05, 0) is 0 Å². The summed E-state index contributed by atoms with van der Waals surface area (Å²) in [5, 5.41) is 38.2. The molecular weight excluding hydrogens is 248 g/mol. The van der Waals surface area contributed by atoms with Gasteiger partial charge in [0.05, 0.1) is 6.61 Å². The lowest BCUT2D eigenvalue weighted by atomic mass is 10.1. The highest BCUT2D eigenvalue weighted by atomic mass is 16.7. The largest absolute Gasteiger partial charge is 0.394 e. The van der Waals surface area contributed by atoms with E-state index in [2.05, 4.69) is 0 Å². The van der Waals surface area contributed by atoms with Crippen LogP contribution in [0.3, 0.4) is 0 Å². The first kappa shape index (κ1) is 12.9. The predicted molar refractivity (Wildman–Crippen MR) is 55.5 cm³/mol. The summed E-state index contributed by atoms with van der Waals surface area (Å²) < 4.78 is 5.40. The van der Waals surface area contributed by atoms with Crippen molar-refractivity contribution in [2.24, 2.45) is 0 Å². The van der Waals surface area contributed by atoms with E-state index < -0.39 is 42.1 Å². The molecule has 1 aliphatic rings. The average Bonchev–Trinajstić information content (AvgIpc) is 2.54. The second kappa shape index (κ2) is 4.30. The number of aliphatic hydroxyl groups excluding tert-OH is 3. The predicted octanol–water partition coefficient (Wildman–Crippen LogP) is -3.75. The Morgan fingerprint density at radius 2 is 2.11 bits per heavy atom. The maximum Gasteiger partial charge on any atom is 0.332 e. The summed E-state index contributed by atoms with van der Waals surface area (Å²) in [6.45, 7) is -0.654. The molecule has 2 rings (SSSR count). The van der Waals surface area contributed by atoms with Crippen LogP contribution >= 0.6 is 0 Å². The maximum absolute atomic E-state index is 11.5. The Morgan fingerprint density at radius 3 is 2.61 bits per heavy atom. The number of hydrogen-bond acceptors (Lipinski definition) is 7. The molecule has 9 nitrogen and oxygen atoms in total. The zero-order chi connectivity index (χ0) is 13.5. The highest BCUT2D eigenvalue weighted by molar-refractivity contribution is 4.96. The highest BCUT2D eigenvalue weighted by Crippen LogP contribution is 2.31. The Kier molecular flexibility index (Phi) is 3.09. The van der Waals surface area contributed by atoms with Gasteiger partial charge in [-0.15, -0.1) is 0 Å². The van der Waals surface area contributed by atoms with Gasteiger partial charge in [-0.2, -0.15) is 0 Å². The van der Waals surface area contributed by atoms with Crippen molar-refractivity contribution >= 4 is 0 Å². The van der Waals surface area contributed by atoms with Crippen LogP contribution in [0, 0.1) is 0 Å². The molecule has 1 aliphatic heterocycles. The molecule has 0 amide bonds. The fourth-order valence-electron chi connectivity index (χ4n) is 1.80. The van der Waals surface area contributed by atoms with Crippen LogP contribution in [0.15, 0.2) is 21.9 Å². The van der Waals surface area contributed by atoms with Crippen molar-refractivity contribution in [3.05, 3.63) is 33.1 Å². The minimum Gasteiger partial charge on any atom is -0.394 e. The standard InChI is InChI=1S/C9H12N2O7/c12-3-4-6(14)7(15)9(17,18-4)11-2-1-5(13)10-8(11)16/h1-2,4,6-7,12,14-15,17H,3H2,(H,10,13,16)/t4-,6-,7-,9-/m1/s1. The van der Waals surface area contributed by atoms with Gasteiger partial charge in [-0.1, -0.05) is 0 Å². The molecule has 0 spiro atoms. The van der Waals surface area contributed by atoms with Crippen LogP contribution in [0.25, 0.3) is 0 Å². The zero-order valence-electron chi connectivity index (χ0n) is 9.05. The summed E-state index contributed by atoms with van der Waals surface area (Å²) in [6, 6.07) is 0.939. The number of H-pyrrole nitrogens is 1. The lowest BCUT2D eigenvalue weighted by Gasteiger charge is -2.27. The first-order chi connectivity index (χ1) is 8.40. The van der Waals surface area contributed by atoms with E-state index in [4.69, 9.17) is 9.84 Å². The molecule has 0 unspecified atom stereocenters. The maximum atomic E-state index is 11.5. The number of aromatic amines is 1. The van der Waals surface area contributed by atoms with Gasteiger partial charge in [0.15, 0.2) is 6.10 Å². The van der Waals surface area contributed by atoms with E-state index in [9.17, 15) is 24.9 Å². The van der Waals surface area contributed by atoms with Crippen LogP contribution in [-0.2, 0) is 10.6 Å². The molecule has 0 radical (unpaired) electrons. The van der Waals surface area contributed by atoms with Crippen LogP contribution in [0.5, 0.6) is 0 Å². The summed E-state index contributed by atoms with van der Waals surface area (Å²) in [5.74, 6) is -2.55. The molecule has 4 atom stereocenters. The number of nitrogens with one attached hydrogen (secondary N) is 1. The zero-order valence-corrected chi connectivity index (χ0v) is 9.05. The molecule has 9 heteroatoms. The molecule has 1 saturated heterocycles. The topological polar surface area (TPSA) is 145 Å². The third-order valence-electron chi connectivity index (χ3n) is 2.76. The van der Waals surface area contributed by atoms with E-state index in [0.29, 0.717) is 4.57 Å². The van der Waals surface area contributed by atoms with Crippen molar-refractivity contribution in [1.29, 1.82) is 0 Å². The van der Waals surface area contributed by atoms with Gasteiger partial charge < -0.3 is 25.2 Å². The number of aliphatic hydroxyl groups is 4. The van der Waals surface area contributed by atoms with Crippen molar-refractivity contribution < 1.29 is 25.2 Å². The van der Waals surface area contributed by atoms with Gasteiger partial charge in [-0.3, -0.25) is 9.78 Å². The fourth-order valence-corrected chi connectivity index (χ4v) is 1.80. The molecule has 0 bridgehead atoms. The molecule has 5 N–H and O–H groups in total. The highest BCUT2D eigenvalue weighted by Gasteiger charge is 2.55. The lowest BCUT2D eigenvalue weighted by Crippen LogP contribution is -2.51. The lowest BCUT2D eigenvalue weighted by molar-refractivity contribution is -0.291. The normalized spacial score (nSPS) is 35.9. The van der Waals surface area contributed by atoms with E-state index in [0.717, 1.165) is 12.3 Å². The minimum absolute atomic E-state index is 0.526. The molecule has 1 aromatic rings. The minimum atomic E-state index is -2.55. The molecule has 1 aromatic heterocycles. The van der Waals surface area contributed by atoms with E-state index in [1.54, 1.807) is 0 Å². The molecule has 0 saturated carbocycles. The van der Waals surface area contributed by atoms with E-state index >= 15 is 0 Å². The Bertz CT molecular complexity index is 552. The van der Waals surface area contributed by atoms with E-state index in [-0.39, 0.29) is 0 Å². The van der Waals surface area contributed by atoms with Crippen LogP contribution in [0.1, 0.15) is 0 Å². The van der Waals surface area contributed by atoms with Crippen LogP contribution in [0.4, 0.5) is 0 Å². The second-order valence-electron chi connectivity index (χ2n) is 3.91. The quantitative estimate of drug-likeness (QED) is 0.367. The Balaban J connectivity index is 2.49. The summed E-state index contributed by atoms with van der Waals surface area (Å²) in [5.41, 5.74) is -1.71. The van der Waals surface area contributed by atoms with Crippen LogP contribution in [0.2, 0.25) is 0 Å². The third kappa shape index (κ3) is 1.78. The first-order valence-electron chi connectivity index (χ1n) is 5.10. The monoisotopic (exact) mass is 260 g/mol. The third-order valence-corrected chi connectivity index (χ3v) is 2.76. The number of nitrogens with zero attached hydrogens (tertiary/aromatic N) is 1. The Morgan fingerprint density at radius 1 is 1.44 bits per heavy atom. The van der Waals surface area contributed by atoms with Crippen LogP contribution < -0.4 is 11.2 Å². The van der Waals surface area contributed by atoms with Gasteiger partial charge in [0.25, 0.3) is 11.5 Å². The number of aromatic nitrogens is 2. The van der Waals surface area contributed by atoms with Crippen molar-refractivity contribution in [2.75, 3.05) is 6.61 Å². The van der Waals surface area contributed by atoms with Gasteiger partial charge in [0.1, 0.15) is 12.2 Å². The van der Waals surface area contributed by atoms with Crippen molar-refractivity contribution in [2.45, 2.75) is 24.2 Å². The molecule has 1 fully saturated rings. The molecule has 0 aliphatic carbocycles. The van der Waals surface area contributed by atoms with E-state index in [1.807, 2.05) is 4.98 Å². The van der Waals surface area contributed by atoms with E-state index in [1.165, 1.54) is 0 Å². The van der Waals surface area contributed by atoms with Crippen LogP contribution in [-0.4, -0.2) is 54.9 Å². The fraction of sp³-hybridized carbons (Fsp3) is 0.556. The van der Waals surface area contributed by atoms with Gasteiger partial charge in [0, 0.05) is 12.3 Å². The smallest absolute Gasteiger partial charge is 0.332 e. The number of ether oxygens (including phenoxy) is 1.